The molecule has 0 unspecified atom stereocenters. The molecule has 3 rings (SSSR count). The highest BCUT2D eigenvalue weighted by Gasteiger charge is 2.34. The average Bonchev–Trinajstić information content (AvgIpc) is 3.02. The maximum atomic E-state index is 12.7. The lowest BCUT2D eigenvalue weighted by Crippen LogP contribution is -2.33. The molecule has 0 aromatic heterocycles. The number of benzene rings is 2. The molecule has 174 valence electrons. The fourth-order valence-electron chi connectivity index (χ4n) is 2.92. The van der Waals surface area contributed by atoms with E-state index in [1.54, 1.807) is 0 Å². The second kappa shape index (κ2) is 9.60. The number of ether oxygens (including phenoxy) is 1. The Morgan fingerprint density at radius 3 is 2.55 bits per heavy atom. The molecule has 11 nitrogen and oxygen atoms in total. The number of imide groups is 1. The van der Waals surface area contributed by atoms with Crippen LogP contribution in [-0.4, -0.2) is 49.6 Å². The lowest BCUT2D eigenvalue weighted by atomic mass is 10.2. The molecule has 0 radical (unpaired) electrons. The fourth-order valence-corrected chi connectivity index (χ4v) is 4.75. The fraction of sp³-hybridized carbons (Fsp3) is 0.200. The molecule has 2 aromatic rings. The quantitative estimate of drug-likeness (QED) is 0.251. The van der Waals surface area contributed by atoms with E-state index in [1.165, 1.54) is 50.4 Å². The molecule has 33 heavy (non-hydrogen) atoms. The van der Waals surface area contributed by atoms with Gasteiger partial charge >= 0.3 is 10.1 Å². The van der Waals surface area contributed by atoms with Gasteiger partial charge in [-0.2, -0.15) is 8.42 Å². The number of amides is 2. The van der Waals surface area contributed by atoms with Crippen molar-refractivity contribution in [3.63, 3.8) is 0 Å². The molecule has 2 amide bonds. The SMILES string of the molecule is COc1cc(/C=C2\SC(=O)N(CCN)C2=O)ccc1OS(=O)(=O)c1ccc(C)c([N+](=O)[O-])c1. The third-order valence-electron chi connectivity index (χ3n) is 4.58. The van der Waals surface area contributed by atoms with E-state index in [4.69, 9.17) is 14.7 Å². The van der Waals surface area contributed by atoms with Crippen molar-refractivity contribution in [2.45, 2.75) is 11.8 Å². The van der Waals surface area contributed by atoms with Gasteiger partial charge in [-0.1, -0.05) is 12.1 Å². The van der Waals surface area contributed by atoms with E-state index in [0.29, 0.717) is 11.1 Å². The molecule has 1 saturated heterocycles. The van der Waals surface area contributed by atoms with Gasteiger partial charge in [0.25, 0.3) is 16.8 Å². The number of hydrogen-bond acceptors (Lipinski definition) is 10. The Morgan fingerprint density at radius 1 is 1.18 bits per heavy atom. The van der Waals surface area contributed by atoms with Crippen LogP contribution >= 0.6 is 11.8 Å². The van der Waals surface area contributed by atoms with Crippen LogP contribution in [0.3, 0.4) is 0 Å². The summed E-state index contributed by atoms with van der Waals surface area (Å²) >= 11 is 0.766. The highest BCUT2D eigenvalue weighted by molar-refractivity contribution is 8.18. The first kappa shape index (κ1) is 24.2. The Balaban J connectivity index is 1.89. The van der Waals surface area contributed by atoms with Crippen molar-refractivity contribution in [1.29, 1.82) is 0 Å². The Bertz CT molecular complexity index is 1270. The first-order valence-corrected chi connectivity index (χ1v) is 11.6. The first-order chi connectivity index (χ1) is 15.6. The number of nitrogens with two attached hydrogens (primary N) is 1. The highest BCUT2D eigenvalue weighted by atomic mass is 32.2. The van der Waals surface area contributed by atoms with Crippen LogP contribution in [0.25, 0.3) is 6.08 Å². The summed E-state index contributed by atoms with van der Waals surface area (Å²) in [5.74, 6) is -0.595. The summed E-state index contributed by atoms with van der Waals surface area (Å²) in [7, 11) is -3.11. The number of methoxy groups -OCH3 is 1. The zero-order chi connectivity index (χ0) is 24.3. The number of aryl methyl sites for hydroxylation is 1. The van der Waals surface area contributed by atoms with Gasteiger partial charge < -0.3 is 14.7 Å². The third kappa shape index (κ3) is 5.16. The van der Waals surface area contributed by atoms with Crippen LogP contribution in [0.1, 0.15) is 11.1 Å². The normalized spacial score (nSPS) is 15.2. The van der Waals surface area contributed by atoms with Gasteiger partial charge in [0.15, 0.2) is 11.5 Å². The molecule has 13 heteroatoms. The summed E-state index contributed by atoms with van der Waals surface area (Å²) in [6.45, 7) is 1.73. The number of thioether (sulfide) groups is 1. The molecule has 0 aliphatic carbocycles. The van der Waals surface area contributed by atoms with Crippen LogP contribution < -0.4 is 14.7 Å². The molecular weight excluding hydrogens is 474 g/mol. The molecule has 2 N–H and O–H groups in total. The second-order valence-corrected chi connectivity index (χ2v) is 9.31. The van der Waals surface area contributed by atoms with E-state index in [-0.39, 0.29) is 40.1 Å². The van der Waals surface area contributed by atoms with Gasteiger partial charge in [-0.3, -0.25) is 24.6 Å². The highest BCUT2D eigenvalue weighted by Crippen LogP contribution is 2.35. The number of rotatable bonds is 8. The number of nitro groups is 1. The molecule has 1 fully saturated rings. The van der Waals surface area contributed by atoms with Gasteiger partial charge in [0.1, 0.15) is 4.90 Å². The van der Waals surface area contributed by atoms with Crippen molar-refractivity contribution in [1.82, 2.24) is 4.90 Å². The maximum Gasteiger partial charge on any atom is 0.339 e. The molecule has 1 aliphatic rings. The minimum Gasteiger partial charge on any atom is -0.493 e. The number of nitrogens with zero attached hydrogens (tertiary/aromatic N) is 2. The van der Waals surface area contributed by atoms with Gasteiger partial charge in [0.2, 0.25) is 0 Å². The summed E-state index contributed by atoms with van der Waals surface area (Å²) in [6, 6.07) is 7.65. The predicted octanol–water partition coefficient (Wildman–Crippen LogP) is 2.67. The number of carbonyl (C=O) groups is 2. The van der Waals surface area contributed by atoms with Gasteiger partial charge in [-0.25, -0.2) is 0 Å². The Hall–Kier alpha value is -3.42. The zero-order valence-electron chi connectivity index (χ0n) is 17.5. The summed E-state index contributed by atoms with van der Waals surface area (Å²) in [5.41, 5.74) is 5.83. The number of hydrogen-bond donors (Lipinski definition) is 1. The largest absolute Gasteiger partial charge is 0.493 e. The van der Waals surface area contributed by atoms with E-state index in [9.17, 15) is 28.1 Å². The lowest BCUT2D eigenvalue weighted by molar-refractivity contribution is -0.385. The predicted molar refractivity (Wildman–Crippen MR) is 120 cm³/mol. The van der Waals surface area contributed by atoms with Gasteiger partial charge in [0.05, 0.1) is 16.9 Å². The molecule has 0 bridgehead atoms. The summed E-state index contributed by atoms with van der Waals surface area (Å²) in [6.07, 6.45) is 1.46. The Labute approximate surface area is 193 Å². The van der Waals surface area contributed by atoms with Crippen LogP contribution in [0, 0.1) is 17.0 Å². The maximum absolute atomic E-state index is 12.7. The van der Waals surface area contributed by atoms with E-state index in [0.717, 1.165) is 22.7 Å². The van der Waals surface area contributed by atoms with Crippen molar-refractivity contribution in [2.75, 3.05) is 20.2 Å². The summed E-state index contributed by atoms with van der Waals surface area (Å²) in [5, 5.41) is 10.7. The van der Waals surface area contributed by atoms with Gasteiger partial charge in [0, 0.05) is 24.7 Å². The number of nitro benzene ring substituents is 1. The van der Waals surface area contributed by atoms with E-state index < -0.39 is 26.2 Å². The summed E-state index contributed by atoms with van der Waals surface area (Å²) < 4.78 is 35.7. The Kier molecular flexibility index (Phi) is 7.05. The zero-order valence-corrected chi connectivity index (χ0v) is 19.1. The Morgan fingerprint density at radius 2 is 1.91 bits per heavy atom. The molecule has 0 atom stereocenters. The van der Waals surface area contributed by atoms with E-state index >= 15 is 0 Å². The topological polar surface area (TPSA) is 159 Å². The van der Waals surface area contributed by atoms with Crippen LogP contribution in [0.15, 0.2) is 46.2 Å². The van der Waals surface area contributed by atoms with Gasteiger partial charge in [-0.15, -0.1) is 0 Å². The first-order valence-electron chi connectivity index (χ1n) is 9.40. The molecule has 2 aromatic carbocycles. The third-order valence-corrected chi connectivity index (χ3v) is 6.71. The molecular formula is C20H19N3O8S2. The molecule has 1 heterocycles. The standard InChI is InChI=1S/C20H19N3O8S2/c1-12-3-5-14(11-15(12)23(26)27)33(28,29)31-16-6-4-13(9-17(16)30-2)10-18-19(24)22(8-7-21)20(25)32-18/h3-6,9-11H,7-8,21H2,1-2H3/b18-10-. The van der Waals surface area contributed by atoms with Crippen LogP contribution in [0.5, 0.6) is 11.5 Å². The van der Waals surface area contributed by atoms with Crippen molar-refractivity contribution >= 4 is 44.8 Å². The smallest absolute Gasteiger partial charge is 0.339 e. The minimum absolute atomic E-state index is 0.0372. The monoisotopic (exact) mass is 493 g/mol. The van der Waals surface area contributed by atoms with Crippen LogP contribution in [0.2, 0.25) is 0 Å². The van der Waals surface area contributed by atoms with Crippen molar-refractivity contribution in [3.8, 4) is 11.5 Å². The van der Waals surface area contributed by atoms with Crippen molar-refractivity contribution in [3.05, 3.63) is 62.5 Å². The summed E-state index contributed by atoms with van der Waals surface area (Å²) in [4.78, 5) is 35.6. The van der Waals surface area contributed by atoms with E-state index in [1.807, 2.05) is 0 Å². The average molecular weight is 494 g/mol. The molecule has 0 saturated carbocycles. The van der Waals surface area contributed by atoms with Crippen molar-refractivity contribution in [2.24, 2.45) is 5.73 Å². The van der Waals surface area contributed by atoms with Crippen molar-refractivity contribution < 1.29 is 31.9 Å². The van der Waals surface area contributed by atoms with Crippen LogP contribution in [-0.2, 0) is 14.9 Å². The number of carbonyl (C=O) groups excluding carboxylic acids is 2. The molecule has 1 aliphatic heterocycles. The van der Waals surface area contributed by atoms with Crippen LogP contribution in [0.4, 0.5) is 10.5 Å². The minimum atomic E-state index is -4.40. The second-order valence-electron chi connectivity index (χ2n) is 6.78. The lowest BCUT2D eigenvalue weighted by Gasteiger charge is -2.12. The van der Waals surface area contributed by atoms with Gasteiger partial charge in [-0.05, 0) is 48.5 Å². The van der Waals surface area contributed by atoms with E-state index in [2.05, 4.69) is 0 Å². The molecule has 0 spiro atoms.